The third-order valence-corrected chi connectivity index (χ3v) is 1.99. The van der Waals surface area contributed by atoms with Crippen LogP contribution in [0.15, 0.2) is 0 Å². The first kappa shape index (κ1) is 15.9. The van der Waals surface area contributed by atoms with Crippen LogP contribution in [0, 0.1) is 0 Å². The van der Waals surface area contributed by atoms with Gasteiger partial charge in [-0.2, -0.15) is 8.42 Å². The fourth-order valence-corrected chi connectivity index (χ4v) is 1.44. The number of hydrogen-bond donors (Lipinski definition) is 3. The van der Waals surface area contributed by atoms with Gasteiger partial charge in [-0.1, -0.05) is 0 Å². The van der Waals surface area contributed by atoms with E-state index in [2.05, 4.69) is 5.32 Å². The molecule has 70 valence electrons. The van der Waals surface area contributed by atoms with Crippen molar-refractivity contribution in [1.29, 1.82) is 0 Å². The van der Waals surface area contributed by atoms with Crippen molar-refractivity contribution in [3.05, 3.63) is 0 Å². The van der Waals surface area contributed by atoms with Crippen LogP contribution < -0.4 is 5.32 Å². The van der Waals surface area contributed by atoms with Crippen LogP contribution in [-0.4, -0.2) is 94.4 Å². The van der Waals surface area contributed by atoms with Gasteiger partial charge >= 0.3 is 51.4 Å². The zero-order valence-electron chi connectivity index (χ0n) is 6.32. The molecule has 12 heavy (non-hydrogen) atoms. The molecular weight excluding hydrogens is 209 g/mol. The van der Waals surface area contributed by atoms with E-state index in [0.29, 0.717) is 6.54 Å². The Morgan fingerprint density at radius 1 is 1.50 bits per heavy atom. The molecule has 0 saturated carbocycles. The molecular formula is C5H14KNO4S. The molecule has 0 aliphatic rings. The van der Waals surface area contributed by atoms with Crippen molar-refractivity contribution >= 4 is 61.5 Å². The predicted molar refractivity (Wildman–Crippen MR) is 48.1 cm³/mol. The fraction of sp³-hybridized carbons (Fsp3) is 1.00. The van der Waals surface area contributed by atoms with Crippen LogP contribution >= 0.6 is 0 Å². The monoisotopic (exact) mass is 223 g/mol. The molecule has 0 rings (SSSR count). The van der Waals surface area contributed by atoms with Gasteiger partial charge in [0.2, 0.25) is 0 Å². The summed E-state index contributed by atoms with van der Waals surface area (Å²) in [6.45, 7) is 1.90. The molecule has 0 radical (unpaired) electrons. The van der Waals surface area contributed by atoms with Gasteiger partial charge in [0.15, 0.2) is 0 Å². The maximum atomic E-state index is 10.3. The Morgan fingerprint density at radius 3 is 2.33 bits per heavy atom. The first-order valence-corrected chi connectivity index (χ1v) is 4.86. The third kappa shape index (κ3) is 11.5. The van der Waals surface area contributed by atoms with Gasteiger partial charge in [-0.15, -0.1) is 0 Å². The van der Waals surface area contributed by atoms with Gasteiger partial charge in [0.05, 0.1) is 12.4 Å². The molecule has 0 saturated heterocycles. The van der Waals surface area contributed by atoms with Gasteiger partial charge < -0.3 is 10.4 Å². The van der Waals surface area contributed by atoms with Crippen LogP contribution in [0.2, 0.25) is 0 Å². The van der Waals surface area contributed by atoms with Gasteiger partial charge in [0.25, 0.3) is 10.1 Å². The number of nitrogens with one attached hydrogen (secondary N) is 1. The Kier molecular flexibility index (Phi) is 10.4. The van der Waals surface area contributed by atoms with Crippen molar-refractivity contribution in [2.45, 2.75) is 13.0 Å². The molecule has 0 aromatic carbocycles. The number of aliphatic hydroxyl groups excluding tert-OH is 1. The van der Waals surface area contributed by atoms with Gasteiger partial charge in [-0.05, 0) is 6.92 Å². The van der Waals surface area contributed by atoms with Crippen molar-refractivity contribution in [3.8, 4) is 0 Å². The van der Waals surface area contributed by atoms with E-state index in [4.69, 9.17) is 9.66 Å². The average Bonchev–Trinajstić information content (AvgIpc) is 1.79. The van der Waals surface area contributed by atoms with Crippen molar-refractivity contribution in [1.82, 2.24) is 5.32 Å². The minimum absolute atomic E-state index is 0. The Morgan fingerprint density at radius 2 is 2.00 bits per heavy atom. The third-order valence-electron chi connectivity index (χ3n) is 1.07. The van der Waals surface area contributed by atoms with Crippen LogP contribution in [-0.2, 0) is 10.1 Å². The zero-order chi connectivity index (χ0) is 8.91. The van der Waals surface area contributed by atoms with E-state index < -0.39 is 10.1 Å². The molecule has 0 aromatic heterocycles. The van der Waals surface area contributed by atoms with Crippen molar-refractivity contribution in [2.24, 2.45) is 0 Å². The molecule has 7 heteroatoms. The first-order chi connectivity index (χ1) is 4.95. The second-order valence-corrected chi connectivity index (χ2v) is 3.82. The van der Waals surface area contributed by atoms with Crippen molar-refractivity contribution in [3.63, 3.8) is 0 Å². The maximum absolute atomic E-state index is 10.3. The molecule has 1 unspecified atom stereocenters. The second kappa shape index (κ2) is 7.83. The molecule has 0 aliphatic carbocycles. The summed E-state index contributed by atoms with van der Waals surface area (Å²) in [4.78, 5) is 0. The first-order valence-electron chi connectivity index (χ1n) is 3.25. The summed E-state index contributed by atoms with van der Waals surface area (Å²) in [6.07, 6.45) is 0. The summed E-state index contributed by atoms with van der Waals surface area (Å²) >= 11 is 0. The molecule has 3 N–H and O–H groups in total. The molecule has 0 spiro atoms. The summed E-state index contributed by atoms with van der Waals surface area (Å²) < 4.78 is 28.9. The normalized spacial score (nSPS) is 13.6. The van der Waals surface area contributed by atoms with E-state index >= 15 is 0 Å². The summed E-state index contributed by atoms with van der Waals surface area (Å²) in [5, 5.41) is 11.0. The Hall–Kier alpha value is 1.47. The van der Waals surface area contributed by atoms with E-state index in [9.17, 15) is 8.42 Å². The van der Waals surface area contributed by atoms with Gasteiger partial charge in [-0.3, -0.25) is 4.55 Å². The van der Waals surface area contributed by atoms with Crippen molar-refractivity contribution < 1.29 is 18.1 Å². The van der Waals surface area contributed by atoms with E-state index in [1.54, 1.807) is 6.92 Å². The van der Waals surface area contributed by atoms with E-state index in [1.165, 1.54) is 0 Å². The Balaban J connectivity index is 0. The molecule has 0 amide bonds. The van der Waals surface area contributed by atoms with E-state index in [0.717, 1.165) is 0 Å². The Labute approximate surface area is 115 Å². The Bertz CT molecular complexity index is 194. The van der Waals surface area contributed by atoms with E-state index in [1.807, 2.05) is 0 Å². The standard InChI is InChI=1S/C5H13NO4S.K.H/c1-5(6-2-3-7)4-11(8,9)10;;/h5-7H,2-4H2,1H3,(H,8,9,10);;. The molecule has 1 atom stereocenters. The zero-order valence-corrected chi connectivity index (χ0v) is 7.13. The molecule has 0 aromatic rings. The number of rotatable bonds is 5. The van der Waals surface area contributed by atoms with Gasteiger partial charge in [-0.25, -0.2) is 0 Å². The van der Waals surface area contributed by atoms with Crippen LogP contribution in [0.3, 0.4) is 0 Å². The van der Waals surface area contributed by atoms with Gasteiger partial charge in [0, 0.05) is 12.6 Å². The molecule has 0 fully saturated rings. The second-order valence-electron chi connectivity index (χ2n) is 2.33. The van der Waals surface area contributed by atoms with E-state index in [-0.39, 0.29) is 69.8 Å². The summed E-state index contributed by atoms with van der Waals surface area (Å²) in [5.74, 6) is -0.326. The number of aliphatic hydroxyl groups is 1. The van der Waals surface area contributed by atoms with Crippen molar-refractivity contribution in [2.75, 3.05) is 18.9 Å². The average molecular weight is 223 g/mol. The number of hydrogen-bond acceptors (Lipinski definition) is 4. The summed E-state index contributed by atoms with van der Waals surface area (Å²) in [6, 6.07) is -0.336. The quantitative estimate of drug-likeness (QED) is 0.378. The van der Waals surface area contributed by atoms with Crippen LogP contribution in [0.4, 0.5) is 0 Å². The minimum atomic E-state index is -3.90. The SMILES string of the molecule is CC(CS(=O)(=O)O)NCCO.[KH]. The van der Waals surface area contributed by atoms with Crippen LogP contribution in [0.5, 0.6) is 0 Å². The molecule has 0 aliphatic heterocycles. The topological polar surface area (TPSA) is 86.6 Å². The molecule has 0 heterocycles. The predicted octanol–water partition coefficient (Wildman–Crippen LogP) is -1.80. The molecule has 0 bridgehead atoms. The summed E-state index contributed by atoms with van der Waals surface area (Å²) in [5.41, 5.74) is 0. The molecule has 5 nitrogen and oxygen atoms in total. The van der Waals surface area contributed by atoms with Crippen LogP contribution in [0.1, 0.15) is 6.92 Å². The van der Waals surface area contributed by atoms with Gasteiger partial charge in [0.1, 0.15) is 0 Å². The summed E-state index contributed by atoms with van der Waals surface area (Å²) in [7, 11) is -3.90. The fourth-order valence-electron chi connectivity index (χ4n) is 0.686. The van der Waals surface area contributed by atoms with Crippen LogP contribution in [0.25, 0.3) is 0 Å².